The first-order valence-corrected chi connectivity index (χ1v) is 12.4. The number of hydrogen-bond acceptors (Lipinski definition) is 1. The molecule has 0 bridgehead atoms. The summed E-state index contributed by atoms with van der Waals surface area (Å²) in [7, 11) is 0. The Morgan fingerprint density at radius 3 is 2.41 bits per heavy atom. The third kappa shape index (κ3) is 3.50. The maximum Gasteiger partial charge on any atom is 0.0578 e. The Balaban J connectivity index is 1.57. The van der Waals surface area contributed by atoms with Gasteiger partial charge in [0.2, 0.25) is 0 Å². The van der Waals surface area contributed by atoms with E-state index in [1.165, 1.54) is 37.7 Å². The van der Waals surface area contributed by atoms with Crippen LogP contribution in [0.15, 0.2) is 35.5 Å². The van der Waals surface area contributed by atoms with Crippen LogP contribution in [0.5, 0.6) is 0 Å². The monoisotopic (exact) mass is 396 g/mol. The molecule has 0 aromatic heterocycles. The maximum absolute atomic E-state index is 10.2. The number of rotatable bonds is 4. The lowest BCUT2D eigenvalue weighted by molar-refractivity contribution is 0.0382. The minimum absolute atomic E-state index is 0.116. The zero-order chi connectivity index (χ0) is 21.0. The van der Waals surface area contributed by atoms with Gasteiger partial charge in [-0.15, -0.1) is 0 Å². The van der Waals surface area contributed by atoms with E-state index in [0.717, 1.165) is 36.5 Å². The number of fused-ring (bicyclic) bond motifs is 5. The average molecular weight is 397 g/mol. The molecule has 0 amide bonds. The van der Waals surface area contributed by atoms with Gasteiger partial charge < -0.3 is 5.11 Å². The molecule has 4 aliphatic rings. The molecule has 0 aromatic carbocycles. The number of hydrogen-bond donors (Lipinski definition) is 1. The van der Waals surface area contributed by atoms with E-state index >= 15 is 0 Å². The van der Waals surface area contributed by atoms with Crippen LogP contribution in [0.2, 0.25) is 0 Å². The maximum atomic E-state index is 10.2. The molecule has 1 N–H and O–H groups in total. The molecule has 0 heterocycles. The van der Waals surface area contributed by atoms with Gasteiger partial charge in [-0.2, -0.15) is 0 Å². The second-order valence-electron chi connectivity index (χ2n) is 11.9. The van der Waals surface area contributed by atoms with Crippen LogP contribution in [0.25, 0.3) is 0 Å². The molecule has 162 valence electrons. The first kappa shape index (κ1) is 21.4. The minimum atomic E-state index is -0.116. The number of aliphatic hydroxyl groups excluding tert-OH is 1. The van der Waals surface area contributed by atoms with Crippen LogP contribution >= 0.6 is 0 Å². The third-order valence-electron chi connectivity index (χ3n) is 10.0. The molecule has 3 saturated carbocycles. The van der Waals surface area contributed by atoms with Crippen LogP contribution < -0.4 is 0 Å². The van der Waals surface area contributed by atoms with Crippen LogP contribution in [0.3, 0.4) is 0 Å². The van der Waals surface area contributed by atoms with Crippen molar-refractivity contribution in [2.24, 2.45) is 46.3 Å². The van der Waals surface area contributed by atoms with E-state index in [2.05, 4.69) is 65.8 Å². The Labute approximate surface area is 179 Å². The zero-order valence-corrected chi connectivity index (χ0v) is 19.7. The van der Waals surface area contributed by atoms with Crippen molar-refractivity contribution in [1.29, 1.82) is 0 Å². The summed E-state index contributed by atoms with van der Waals surface area (Å²) in [5.74, 6) is 4.38. The third-order valence-corrected chi connectivity index (χ3v) is 10.0. The van der Waals surface area contributed by atoms with Gasteiger partial charge in [0.1, 0.15) is 0 Å². The molecule has 4 rings (SSSR count). The van der Waals surface area contributed by atoms with Gasteiger partial charge in [0.15, 0.2) is 0 Å². The smallest absolute Gasteiger partial charge is 0.0578 e. The van der Waals surface area contributed by atoms with Crippen molar-refractivity contribution >= 4 is 0 Å². The fourth-order valence-electron chi connectivity index (χ4n) is 7.59. The lowest BCUT2D eigenvalue weighted by atomic mass is 9.50. The SMILES string of the molecule is CC(C)C(C)C=CC(C)C1CCC2C3=CC=C4CC(O)CC[C@]4(C)C3CC[C@@]21C. The summed E-state index contributed by atoms with van der Waals surface area (Å²) in [5, 5.41) is 10.2. The van der Waals surface area contributed by atoms with Crippen LogP contribution in [0.1, 0.15) is 86.5 Å². The first-order valence-electron chi connectivity index (χ1n) is 12.4. The Morgan fingerprint density at radius 2 is 1.69 bits per heavy atom. The van der Waals surface area contributed by atoms with E-state index in [0.29, 0.717) is 22.7 Å². The Morgan fingerprint density at radius 1 is 0.931 bits per heavy atom. The molecule has 4 aliphatic carbocycles. The van der Waals surface area contributed by atoms with Gasteiger partial charge in [0.05, 0.1) is 6.10 Å². The largest absolute Gasteiger partial charge is 0.393 e. The summed E-state index contributed by atoms with van der Waals surface area (Å²) in [4.78, 5) is 0. The molecule has 29 heavy (non-hydrogen) atoms. The van der Waals surface area contributed by atoms with Crippen LogP contribution in [0.4, 0.5) is 0 Å². The highest BCUT2D eigenvalue weighted by molar-refractivity contribution is 5.39. The molecule has 0 saturated heterocycles. The Hall–Kier alpha value is -0.820. The molecule has 0 aromatic rings. The summed E-state index contributed by atoms with van der Waals surface area (Å²) in [6.45, 7) is 14.6. The highest BCUT2D eigenvalue weighted by atomic mass is 16.3. The lowest BCUT2D eigenvalue weighted by Gasteiger charge is -2.55. The fourth-order valence-corrected chi connectivity index (χ4v) is 7.59. The van der Waals surface area contributed by atoms with Crippen LogP contribution in [-0.2, 0) is 0 Å². The van der Waals surface area contributed by atoms with Gasteiger partial charge in [-0.1, -0.05) is 77.0 Å². The molecular weight excluding hydrogens is 352 g/mol. The van der Waals surface area contributed by atoms with E-state index in [-0.39, 0.29) is 6.10 Å². The van der Waals surface area contributed by atoms with Crippen molar-refractivity contribution in [2.75, 3.05) is 0 Å². The summed E-state index contributed by atoms with van der Waals surface area (Å²) >= 11 is 0. The highest BCUT2D eigenvalue weighted by Crippen LogP contribution is 2.65. The topological polar surface area (TPSA) is 20.2 Å². The summed E-state index contributed by atoms with van der Waals surface area (Å²) < 4.78 is 0. The minimum Gasteiger partial charge on any atom is -0.393 e. The van der Waals surface area contributed by atoms with Crippen LogP contribution in [0, 0.1) is 46.3 Å². The predicted octanol–water partition coefficient (Wildman–Crippen LogP) is 7.33. The first-order chi connectivity index (χ1) is 13.7. The highest BCUT2D eigenvalue weighted by Gasteiger charge is 2.56. The molecule has 1 nitrogen and oxygen atoms in total. The Bertz CT molecular complexity index is 712. The predicted molar refractivity (Wildman–Crippen MR) is 123 cm³/mol. The Kier molecular flexibility index (Phi) is 5.69. The van der Waals surface area contributed by atoms with Gasteiger partial charge in [-0.25, -0.2) is 0 Å². The lowest BCUT2D eigenvalue weighted by Crippen LogP contribution is -2.46. The quantitative estimate of drug-likeness (QED) is 0.493. The molecule has 8 atom stereocenters. The molecule has 3 fully saturated rings. The van der Waals surface area contributed by atoms with Gasteiger partial charge >= 0.3 is 0 Å². The van der Waals surface area contributed by atoms with Crippen molar-refractivity contribution in [3.63, 3.8) is 0 Å². The van der Waals surface area contributed by atoms with Gasteiger partial charge in [-0.05, 0) is 91.3 Å². The van der Waals surface area contributed by atoms with E-state index in [1.54, 1.807) is 5.57 Å². The summed E-state index contributed by atoms with van der Waals surface area (Å²) in [6, 6.07) is 0. The van der Waals surface area contributed by atoms with E-state index < -0.39 is 0 Å². The second kappa shape index (κ2) is 7.70. The standard InChI is InChI=1S/C28H44O/c1-18(2)19(3)7-8-20(4)24-11-12-25-23-10-9-21-17-22(29)13-15-27(21,5)26(23)14-16-28(24,25)6/h7-10,18-20,22,24-26,29H,11-17H2,1-6H3/t19?,20?,22?,24?,25?,26?,27-,28+/m0/s1. The van der Waals surface area contributed by atoms with E-state index in [4.69, 9.17) is 0 Å². The van der Waals surface area contributed by atoms with Crippen molar-refractivity contribution in [1.82, 2.24) is 0 Å². The summed E-state index contributed by atoms with van der Waals surface area (Å²) in [5.41, 5.74) is 4.07. The van der Waals surface area contributed by atoms with Crippen molar-refractivity contribution in [3.05, 3.63) is 35.5 Å². The second-order valence-corrected chi connectivity index (χ2v) is 11.9. The van der Waals surface area contributed by atoms with Gasteiger partial charge in [0.25, 0.3) is 0 Å². The summed E-state index contributed by atoms with van der Waals surface area (Å²) in [6.07, 6.45) is 18.4. The molecule has 6 unspecified atom stereocenters. The zero-order valence-electron chi connectivity index (χ0n) is 19.7. The van der Waals surface area contributed by atoms with Crippen molar-refractivity contribution in [2.45, 2.75) is 92.6 Å². The number of aliphatic hydroxyl groups is 1. The van der Waals surface area contributed by atoms with Gasteiger partial charge in [0, 0.05) is 0 Å². The number of allylic oxidation sites excluding steroid dienone is 5. The average Bonchev–Trinajstić information content (AvgIpc) is 3.03. The van der Waals surface area contributed by atoms with Gasteiger partial charge in [-0.3, -0.25) is 0 Å². The fraction of sp³-hybridized carbons (Fsp3) is 0.786. The van der Waals surface area contributed by atoms with E-state index in [1.807, 2.05) is 0 Å². The van der Waals surface area contributed by atoms with Crippen LogP contribution in [-0.4, -0.2) is 11.2 Å². The van der Waals surface area contributed by atoms with E-state index in [9.17, 15) is 5.11 Å². The van der Waals surface area contributed by atoms with Crippen molar-refractivity contribution in [3.8, 4) is 0 Å². The molecule has 0 spiro atoms. The molecule has 1 heteroatoms. The molecule has 0 radical (unpaired) electrons. The van der Waals surface area contributed by atoms with Crippen molar-refractivity contribution < 1.29 is 5.11 Å². The molecule has 0 aliphatic heterocycles. The molecular formula is C28H44O. The normalized spacial score (nSPS) is 44.0.